The first kappa shape index (κ1) is 16.0. The number of nitrogens with zero attached hydrogens (tertiary/aromatic N) is 3. The highest BCUT2D eigenvalue weighted by Gasteiger charge is 2.39. The van der Waals surface area contributed by atoms with Crippen LogP contribution in [0.1, 0.15) is 11.6 Å². The number of fused-ring (bicyclic) bond motifs is 3. The van der Waals surface area contributed by atoms with E-state index in [1.54, 1.807) is 26.4 Å². The molecule has 26 heavy (non-hydrogen) atoms. The lowest BCUT2D eigenvalue weighted by molar-refractivity contribution is -0.119. The van der Waals surface area contributed by atoms with Gasteiger partial charge in [-0.15, -0.1) is 0 Å². The smallest absolute Gasteiger partial charge is 0.246 e. The maximum absolute atomic E-state index is 12.5. The molecule has 1 amide bonds. The molecule has 1 N–H and O–H groups in total. The number of ether oxygens (including phenoxy) is 2. The van der Waals surface area contributed by atoms with Crippen LogP contribution in [-0.2, 0) is 4.79 Å². The first-order valence-corrected chi connectivity index (χ1v) is 8.07. The number of para-hydroxylation sites is 2. The maximum Gasteiger partial charge on any atom is 0.246 e. The van der Waals surface area contributed by atoms with Crippen LogP contribution in [0.2, 0.25) is 0 Å². The molecule has 2 unspecified atom stereocenters. The SMILES string of the molecule is COc1ccc(C2C(C#N)C(=O)Nc3nc4ccccc4n32)cc1OC. The van der Waals surface area contributed by atoms with Crippen molar-refractivity contribution >= 4 is 22.9 Å². The Morgan fingerprint density at radius 3 is 2.65 bits per heavy atom. The van der Waals surface area contributed by atoms with Gasteiger partial charge in [0.15, 0.2) is 17.4 Å². The molecule has 0 saturated heterocycles. The Labute approximate surface area is 149 Å². The largest absolute Gasteiger partial charge is 0.493 e. The number of amides is 1. The van der Waals surface area contributed by atoms with Crippen molar-refractivity contribution in [1.82, 2.24) is 9.55 Å². The summed E-state index contributed by atoms with van der Waals surface area (Å²) in [6.45, 7) is 0. The number of nitrogens with one attached hydrogen (secondary N) is 1. The van der Waals surface area contributed by atoms with Crippen molar-refractivity contribution in [2.24, 2.45) is 5.92 Å². The molecule has 0 radical (unpaired) electrons. The van der Waals surface area contributed by atoms with Gasteiger partial charge in [-0.25, -0.2) is 4.98 Å². The number of benzene rings is 2. The van der Waals surface area contributed by atoms with Gasteiger partial charge in [-0.1, -0.05) is 18.2 Å². The molecule has 7 heteroatoms. The van der Waals surface area contributed by atoms with E-state index in [0.29, 0.717) is 17.4 Å². The minimum atomic E-state index is -0.891. The minimum absolute atomic E-state index is 0.366. The molecular weight excluding hydrogens is 332 g/mol. The first-order chi connectivity index (χ1) is 12.7. The van der Waals surface area contributed by atoms with Gasteiger partial charge in [0.1, 0.15) is 0 Å². The van der Waals surface area contributed by atoms with E-state index in [1.165, 1.54) is 0 Å². The van der Waals surface area contributed by atoms with E-state index < -0.39 is 12.0 Å². The predicted octanol–water partition coefficient (Wildman–Crippen LogP) is 2.73. The van der Waals surface area contributed by atoms with E-state index in [9.17, 15) is 10.1 Å². The topological polar surface area (TPSA) is 89.2 Å². The van der Waals surface area contributed by atoms with E-state index in [2.05, 4.69) is 16.4 Å². The van der Waals surface area contributed by atoms with Crippen LogP contribution in [-0.4, -0.2) is 29.7 Å². The van der Waals surface area contributed by atoms with E-state index in [4.69, 9.17) is 9.47 Å². The van der Waals surface area contributed by atoms with Crippen molar-refractivity contribution in [2.75, 3.05) is 19.5 Å². The van der Waals surface area contributed by atoms with Gasteiger partial charge in [-0.3, -0.25) is 10.1 Å². The number of nitriles is 1. The van der Waals surface area contributed by atoms with Gasteiger partial charge in [0.25, 0.3) is 0 Å². The van der Waals surface area contributed by atoms with Crippen molar-refractivity contribution in [2.45, 2.75) is 6.04 Å². The second-order valence-electron chi connectivity index (χ2n) is 5.95. The monoisotopic (exact) mass is 348 g/mol. The molecule has 2 heterocycles. The number of carbonyl (C=O) groups excluding carboxylic acids is 1. The molecule has 1 aliphatic heterocycles. The minimum Gasteiger partial charge on any atom is -0.493 e. The molecule has 3 aromatic rings. The Morgan fingerprint density at radius 2 is 1.92 bits per heavy atom. The zero-order chi connectivity index (χ0) is 18.3. The number of hydrogen-bond donors (Lipinski definition) is 1. The number of aromatic nitrogens is 2. The highest BCUT2D eigenvalue weighted by atomic mass is 16.5. The number of imidazole rings is 1. The summed E-state index contributed by atoms with van der Waals surface area (Å²) < 4.78 is 12.6. The van der Waals surface area contributed by atoms with Crippen LogP contribution < -0.4 is 14.8 Å². The fourth-order valence-electron chi connectivity index (χ4n) is 3.40. The van der Waals surface area contributed by atoms with Crippen molar-refractivity contribution in [3.8, 4) is 17.6 Å². The Morgan fingerprint density at radius 1 is 1.15 bits per heavy atom. The molecule has 7 nitrogen and oxygen atoms in total. The third-order valence-electron chi connectivity index (χ3n) is 4.60. The van der Waals surface area contributed by atoms with Crippen LogP contribution >= 0.6 is 0 Å². The normalized spacial score (nSPS) is 18.7. The van der Waals surface area contributed by atoms with Gasteiger partial charge in [-0.2, -0.15) is 5.26 Å². The number of rotatable bonds is 3. The van der Waals surface area contributed by atoms with Gasteiger partial charge in [0, 0.05) is 0 Å². The number of hydrogen-bond acceptors (Lipinski definition) is 5. The maximum atomic E-state index is 12.5. The summed E-state index contributed by atoms with van der Waals surface area (Å²) in [6, 6.07) is 14.6. The molecule has 2 atom stereocenters. The number of methoxy groups -OCH3 is 2. The molecule has 1 aliphatic rings. The molecule has 0 fully saturated rings. The fourth-order valence-corrected chi connectivity index (χ4v) is 3.40. The van der Waals surface area contributed by atoms with Crippen LogP contribution in [0.3, 0.4) is 0 Å². The van der Waals surface area contributed by atoms with Crippen molar-refractivity contribution in [3.05, 3.63) is 48.0 Å². The highest BCUT2D eigenvalue weighted by molar-refractivity contribution is 5.97. The van der Waals surface area contributed by atoms with Gasteiger partial charge in [-0.05, 0) is 29.8 Å². The zero-order valence-electron chi connectivity index (χ0n) is 14.3. The lowest BCUT2D eigenvalue weighted by atomic mass is 9.91. The van der Waals surface area contributed by atoms with Crippen LogP contribution in [0.4, 0.5) is 5.95 Å². The lowest BCUT2D eigenvalue weighted by Gasteiger charge is -2.30. The summed E-state index contributed by atoms with van der Waals surface area (Å²) in [7, 11) is 3.11. The van der Waals surface area contributed by atoms with Crippen LogP contribution in [0, 0.1) is 17.2 Å². The predicted molar refractivity (Wildman–Crippen MR) is 95.2 cm³/mol. The van der Waals surface area contributed by atoms with Gasteiger partial charge < -0.3 is 14.0 Å². The third kappa shape index (κ3) is 2.27. The van der Waals surface area contributed by atoms with Crippen LogP contribution in [0.15, 0.2) is 42.5 Å². The second kappa shape index (κ2) is 6.08. The molecular formula is C19H16N4O3. The molecule has 130 valence electrons. The van der Waals surface area contributed by atoms with E-state index in [1.807, 2.05) is 34.9 Å². The average molecular weight is 348 g/mol. The Kier molecular flexibility index (Phi) is 3.73. The summed E-state index contributed by atoms with van der Waals surface area (Å²) >= 11 is 0. The molecule has 4 rings (SSSR count). The number of anilines is 1. The quantitative estimate of drug-likeness (QED) is 0.786. The average Bonchev–Trinajstić information content (AvgIpc) is 3.04. The molecule has 1 aromatic heterocycles. The second-order valence-corrected chi connectivity index (χ2v) is 5.95. The molecule has 0 bridgehead atoms. The van der Waals surface area contributed by atoms with Gasteiger partial charge in [0.05, 0.1) is 37.4 Å². The molecule has 0 saturated carbocycles. The van der Waals surface area contributed by atoms with Crippen LogP contribution in [0.5, 0.6) is 11.5 Å². The van der Waals surface area contributed by atoms with E-state index >= 15 is 0 Å². The zero-order valence-corrected chi connectivity index (χ0v) is 14.3. The molecule has 2 aromatic carbocycles. The standard InChI is InChI=1S/C19H16N4O3/c1-25-15-8-7-11(9-16(15)26-2)17-12(10-20)18(24)22-19-21-13-5-3-4-6-14(13)23(17)19/h3-9,12,17H,1-2H3,(H,21,22,24). The first-order valence-electron chi connectivity index (χ1n) is 8.07. The third-order valence-corrected chi connectivity index (χ3v) is 4.60. The summed E-state index contributed by atoms with van der Waals surface area (Å²) in [5, 5.41) is 12.4. The van der Waals surface area contributed by atoms with Crippen molar-refractivity contribution in [1.29, 1.82) is 5.26 Å². The Hall–Kier alpha value is -3.53. The van der Waals surface area contributed by atoms with Crippen LogP contribution in [0.25, 0.3) is 11.0 Å². The molecule has 0 aliphatic carbocycles. The molecule has 0 spiro atoms. The van der Waals surface area contributed by atoms with Crippen molar-refractivity contribution < 1.29 is 14.3 Å². The van der Waals surface area contributed by atoms with Gasteiger partial charge in [0.2, 0.25) is 11.9 Å². The van der Waals surface area contributed by atoms with E-state index in [-0.39, 0.29) is 5.91 Å². The Balaban J connectivity index is 1.97. The number of carbonyl (C=O) groups is 1. The van der Waals surface area contributed by atoms with Gasteiger partial charge >= 0.3 is 0 Å². The summed E-state index contributed by atoms with van der Waals surface area (Å²) in [6.07, 6.45) is 0. The highest BCUT2D eigenvalue weighted by Crippen LogP contribution is 2.40. The summed E-state index contributed by atoms with van der Waals surface area (Å²) in [5.41, 5.74) is 2.38. The fraction of sp³-hybridized carbons (Fsp3) is 0.211. The van der Waals surface area contributed by atoms with E-state index in [0.717, 1.165) is 16.6 Å². The van der Waals surface area contributed by atoms with Crippen molar-refractivity contribution in [3.63, 3.8) is 0 Å². The lowest BCUT2D eigenvalue weighted by Crippen LogP contribution is -2.37. The Bertz CT molecular complexity index is 1050. The summed E-state index contributed by atoms with van der Waals surface area (Å²) in [4.78, 5) is 17.0. The summed E-state index contributed by atoms with van der Waals surface area (Å²) in [5.74, 6) is 0.301.